The number of nitrogens with zero attached hydrogens (tertiary/aromatic N) is 3. The Morgan fingerprint density at radius 1 is 1.03 bits per heavy atom. The van der Waals surface area contributed by atoms with Gasteiger partial charge in [-0.25, -0.2) is 9.07 Å². The van der Waals surface area contributed by atoms with Gasteiger partial charge in [-0.3, -0.25) is 4.79 Å². The molecule has 0 aliphatic heterocycles. The van der Waals surface area contributed by atoms with Crippen LogP contribution in [0.3, 0.4) is 0 Å². The SMILES string of the molecule is COc1nc(-c2ccc(Cl)c(Cl)c2)n(-c2ccc(NC(=O)c3ccccc3F)cc2)n1. The van der Waals surface area contributed by atoms with Crippen LogP contribution in [-0.2, 0) is 0 Å². The van der Waals surface area contributed by atoms with Crippen molar-refractivity contribution < 1.29 is 13.9 Å². The Balaban J connectivity index is 1.63. The summed E-state index contributed by atoms with van der Waals surface area (Å²) in [6.45, 7) is 0. The largest absolute Gasteiger partial charge is 0.466 e. The van der Waals surface area contributed by atoms with E-state index in [4.69, 9.17) is 27.9 Å². The van der Waals surface area contributed by atoms with Gasteiger partial charge in [-0.05, 0) is 54.6 Å². The van der Waals surface area contributed by atoms with Crippen molar-refractivity contribution in [3.05, 3.63) is 88.2 Å². The summed E-state index contributed by atoms with van der Waals surface area (Å²) < 4.78 is 20.6. The highest BCUT2D eigenvalue weighted by molar-refractivity contribution is 6.42. The number of anilines is 1. The first kappa shape index (κ1) is 20.8. The van der Waals surface area contributed by atoms with Gasteiger partial charge in [-0.2, -0.15) is 4.98 Å². The monoisotopic (exact) mass is 456 g/mol. The highest BCUT2D eigenvalue weighted by atomic mass is 35.5. The molecule has 0 spiro atoms. The second kappa shape index (κ2) is 8.75. The third-order valence-electron chi connectivity index (χ3n) is 4.44. The summed E-state index contributed by atoms with van der Waals surface area (Å²) in [5.74, 6) is -0.624. The minimum Gasteiger partial charge on any atom is -0.466 e. The zero-order chi connectivity index (χ0) is 22.0. The Kier molecular flexibility index (Phi) is 5.88. The minimum atomic E-state index is -0.586. The van der Waals surface area contributed by atoms with Gasteiger partial charge in [-0.1, -0.05) is 35.3 Å². The highest BCUT2D eigenvalue weighted by Crippen LogP contribution is 2.30. The fraction of sp³-hybridized carbons (Fsp3) is 0.0455. The summed E-state index contributed by atoms with van der Waals surface area (Å²) in [6.07, 6.45) is 0. The molecule has 0 unspecified atom stereocenters. The number of aromatic nitrogens is 3. The van der Waals surface area contributed by atoms with E-state index >= 15 is 0 Å². The number of rotatable bonds is 5. The number of halogens is 3. The maximum absolute atomic E-state index is 13.8. The molecule has 0 atom stereocenters. The van der Waals surface area contributed by atoms with E-state index in [1.165, 1.54) is 25.3 Å². The molecule has 6 nitrogen and oxygen atoms in total. The lowest BCUT2D eigenvalue weighted by molar-refractivity contribution is 0.102. The summed E-state index contributed by atoms with van der Waals surface area (Å²) in [5, 5.41) is 7.84. The first-order valence-corrected chi connectivity index (χ1v) is 9.84. The second-order valence-corrected chi connectivity index (χ2v) is 7.26. The van der Waals surface area contributed by atoms with Crippen molar-refractivity contribution >= 4 is 34.8 Å². The molecule has 1 amide bonds. The van der Waals surface area contributed by atoms with Crippen LogP contribution < -0.4 is 10.1 Å². The van der Waals surface area contributed by atoms with Crippen LogP contribution in [0, 0.1) is 5.82 Å². The molecule has 0 aliphatic carbocycles. The summed E-state index contributed by atoms with van der Waals surface area (Å²) in [4.78, 5) is 16.7. The molecule has 0 fully saturated rings. The molecule has 31 heavy (non-hydrogen) atoms. The summed E-state index contributed by atoms with van der Waals surface area (Å²) in [6, 6.07) is 17.9. The van der Waals surface area contributed by atoms with Gasteiger partial charge in [0, 0.05) is 11.3 Å². The first-order chi connectivity index (χ1) is 15.0. The molecule has 1 heterocycles. The van der Waals surface area contributed by atoms with Crippen molar-refractivity contribution in [2.75, 3.05) is 12.4 Å². The lowest BCUT2D eigenvalue weighted by Crippen LogP contribution is -2.13. The van der Waals surface area contributed by atoms with E-state index in [9.17, 15) is 9.18 Å². The van der Waals surface area contributed by atoms with Crippen LogP contribution in [0.2, 0.25) is 10.0 Å². The number of carbonyl (C=O) groups is 1. The van der Waals surface area contributed by atoms with Gasteiger partial charge >= 0.3 is 6.01 Å². The molecule has 0 bridgehead atoms. The van der Waals surface area contributed by atoms with Gasteiger partial charge in [0.05, 0.1) is 28.4 Å². The predicted molar refractivity (Wildman–Crippen MR) is 118 cm³/mol. The Morgan fingerprint density at radius 2 is 1.77 bits per heavy atom. The molecular formula is C22H15Cl2FN4O2. The fourth-order valence-corrected chi connectivity index (χ4v) is 3.21. The van der Waals surface area contributed by atoms with E-state index in [0.29, 0.717) is 32.8 Å². The fourth-order valence-electron chi connectivity index (χ4n) is 2.91. The summed E-state index contributed by atoms with van der Waals surface area (Å²) >= 11 is 12.2. The number of methoxy groups -OCH3 is 1. The number of benzene rings is 3. The van der Waals surface area contributed by atoms with Crippen LogP contribution in [0.5, 0.6) is 6.01 Å². The smallest absolute Gasteiger partial charge is 0.336 e. The van der Waals surface area contributed by atoms with Crippen LogP contribution in [0.15, 0.2) is 66.7 Å². The molecule has 0 aliphatic rings. The predicted octanol–water partition coefficient (Wildman–Crippen LogP) is 5.64. The Labute approximate surface area is 187 Å². The molecular weight excluding hydrogens is 442 g/mol. The zero-order valence-corrected chi connectivity index (χ0v) is 17.7. The Bertz CT molecular complexity index is 1260. The molecule has 0 saturated heterocycles. The van der Waals surface area contributed by atoms with Crippen LogP contribution in [-0.4, -0.2) is 27.8 Å². The Hall–Kier alpha value is -3.42. The van der Waals surface area contributed by atoms with E-state index in [1.54, 1.807) is 53.2 Å². The molecule has 0 saturated carbocycles. The number of hydrogen-bond acceptors (Lipinski definition) is 4. The molecule has 9 heteroatoms. The van der Waals surface area contributed by atoms with Crippen molar-refractivity contribution in [3.63, 3.8) is 0 Å². The zero-order valence-electron chi connectivity index (χ0n) is 16.1. The summed E-state index contributed by atoms with van der Waals surface area (Å²) in [7, 11) is 1.47. The third-order valence-corrected chi connectivity index (χ3v) is 5.18. The molecule has 4 rings (SSSR count). The number of amides is 1. The molecule has 1 N–H and O–H groups in total. The van der Waals surface area contributed by atoms with Crippen LogP contribution in [0.4, 0.5) is 10.1 Å². The quantitative estimate of drug-likeness (QED) is 0.421. The van der Waals surface area contributed by atoms with E-state index in [-0.39, 0.29) is 11.6 Å². The first-order valence-electron chi connectivity index (χ1n) is 9.09. The third kappa shape index (κ3) is 4.38. The van der Waals surface area contributed by atoms with Crippen molar-refractivity contribution in [1.29, 1.82) is 0 Å². The molecule has 156 valence electrons. The minimum absolute atomic E-state index is 0.0329. The van der Waals surface area contributed by atoms with Gasteiger partial charge in [0.2, 0.25) is 0 Å². The van der Waals surface area contributed by atoms with Crippen molar-refractivity contribution in [1.82, 2.24) is 14.8 Å². The average Bonchev–Trinajstić information content (AvgIpc) is 3.21. The van der Waals surface area contributed by atoms with Crippen LogP contribution >= 0.6 is 23.2 Å². The maximum atomic E-state index is 13.8. The molecule has 4 aromatic rings. The van der Waals surface area contributed by atoms with E-state index in [1.807, 2.05) is 0 Å². The molecule has 1 aromatic heterocycles. The van der Waals surface area contributed by atoms with Crippen molar-refractivity contribution in [3.8, 4) is 23.1 Å². The second-order valence-electron chi connectivity index (χ2n) is 6.44. The number of ether oxygens (including phenoxy) is 1. The van der Waals surface area contributed by atoms with Gasteiger partial charge < -0.3 is 10.1 Å². The normalized spacial score (nSPS) is 10.7. The van der Waals surface area contributed by atoms with Gasteiger partial charge in [0.1, 0.15) is 5.82 Å². The number of nitrogens with one attached hydrogen (secondary N) is 1. The van der Waals surface area contributed by atoms with E-state index < -0.39 is 11.7 Å². The van der Waals surface area contributed by atoms with Crippen molar-refractivity contribution in [2.45, 2.75) is 0 Å². The number of hydrogen-bond donors (Lipinski definition) is 1. The molecule has 3 aromatic carbocycles. The molecule has 0 radical (unpaired) electrons. The van der Waals surface area contributed by atoms with Crippen molar-refractivity contribution in [2.24, 2.45) is 0 Å². The standard InChI is InChI=1S/C22H15Cl2FN4O2/c1-31-22-27-20(13-6-11-17(23)18(24)12-13)29(28-22)15-9-7-14(8-10-15)26-21(30)16-4-2-3-5-19(16)25/h2-12H,1H3,(H,26,30). The van der Waals surface area contributed by atoms with Gasteiger partial charge in [-0.15, -0.1) is 5.10 Å². The lowest BCUT2D eigenvalue weighted by Gasteiger charge is -2.09. The Morgan fingerprint density at radius 3 is 2.45 bits per heavy atom. The highest BCUT2D eigenvalue weighted by Gasteiger charge is 2.16. The average molecular weight is 457 g/mol. The lowest BCUT2D eigenvalue weighted by atomic mass is 10.2. The van der Waals surface area contributed by atoms with Gasteiger partial charge in [0.15, 0.2) is 5.82 Å². The number of carbonyl (C=O) groups excluding carboxylic acids is 1. The van der Waals surface area contributed by atoms with Crippen LogP contribution in [0.1, 0.15) is 10.4 Å². The maximum Gasteiger partial charge on any atom is 0.336 e. The summed E-state index contributed by atoms with van der Waals surface area (Å²) in [5.41, 5.74) is 1.83. The van der Waals surface area contributed by atoms with Gasteiger partial charge in [0.25, 0.3) is 5.91 Å². The van der Waals surface area contributed by atoms with E-state index in [0.717, 1.165) is 0 Å². The van der Waals surface area contributed by atoms with Crippen LogP contribution in [0.25, 0.3) is 17.1 Å². The van der Waals surface area contributed by atoms with E-state index in [2.05, 4.69) is 15.4 Å². The topological polar surface area (TPSA) is 69.0 Å².